The van der Waals surface area contributed by atoms with E-state index in [0.717, 1.165) is 20.1 Å². The number of ether oxygens (including phenoxy) is 2. The van der Waals surface area contributed by atoms with Gasteiger partial charge in [0.1, 0.15) is 10.6 Å². The molecule has 0 radical (unpaired) electrons. The summed E-state index contributed by atoms with van der Waals surface area (Å²) in [6.07, 6.45) is 1.53. The Morgan fingerprint density at radius 2 is 1.91 bits per heavy atom. The molecule has 0 amide bonds. The predicted molar refractivity (Wildman–Crippen MR) is 138 cm³/mol. The predicted octanol–water partition coefficient (Wildman–Crippen LogP) is 7.19. The van der Waals surface area contributed by atoms with Crippen molar-refractivity contribution in [3.05, 3.63) is 103 Å². The van der Waals surface area contributed by atoms with Gasteiger partial charge in [-0.3, -0.25) is 0 Å². The van der Waals surface area contributed by atoms with Crippen LogP contribution >= 0.6 is 38.9 Å². The number of nitrogens with zero attached hydrogens (tertiary/aromatic N) is 1. The molecule has 1 aliphatic rings. The van der Waals surface area contributed by atoms with Crippen LogP contribution in [-0.4, -0.2) is 17.8 Å². The molecule has 0 aliphatic carbocycles. The third-order valence-electron chi connectivity index (χ3n) is 5.08. The van der Waals surface area contributed by atoms with E-state index in [4.69, 9.17) is 21.1 Å². The van der Waals surface area contributed by atoms with Crippen molar-refractivity contribution >= 4 is 72.9 Å². The van der Waals surface area contributed by atoms with Crippen molar-refractivity contribution in [1.29, 1.82) is 0 Å². The zero-order valence-electron chi connectivity index (χ0n) is 17.7. The number of hydrogen-bond donors (Lipinski definition) is 0. The minimum atomic E-state index is -0.611. The van der Waals surface area contributed by atoms with Crippen molar-refractivity contribution in [2.75, 3.05) is 0 Å². The molecule has 1 aromatic heterocycles. The average Bonchev–Trinajstić information content (AvgIpc) is 3.35. The maximum absolute atomic E-state index is 12.6. The van der Waals surface area contributed by atoms with Crippen LogP contribution in [0, 0.1) is 6.92 Å². The number of rotatable bonds is 4. The second-order valence-corrected chi connectivity index (χ2v) is 9.86. The smallest absolute Gasteiger partial charge is 0.363 e. The van der Waals surface area contributed by atoms with Crippen LogP contribution in [0.15, 0.2) is 81.9 Å². The number of aliphatic imine (C=N–C) groups is 1. The van der Waals surface area contributed by atoms with Crippen molar-refractivity contribution < 1.29 is 19.1 Å². The number of carbonyl (C=O) groups excluding carboxylic acids is 2. The Morgan fingerprint density at radius 3 is 2.71 bits per heavy atom. The zero-order valence-corrected chi connectivity index (χ0v) is 20.8. The number of carbonyl (C=O) groups is 2. The van der Waals surface area contributed by atoms with E-state index in [0.29, 0.717) is 21.0 Å². The van der Waals surface area contributed by atoms with Gasteiger partial charge in [0.25, 0.3) is 0 Å². The molecule has 5 rings (SSSR count). The van der Waals surface area contributed by atoms with Crippen molar-refractivity contribution in [3.63, 3.8) is 0 Å². The molecule has 0 saturated heterocycles. The van der Waals surface area contributed by atoms with E-state index >= 15 is 0 Å². The van der Waals surface area contributed by atoms with Gasteiger partial charge in [0.15, 0.2) is 5.70 Å². The molecule has 8 heteroatoms. The molecular formula is C26H15BrClNO4S. The summed E-state index contributed by atoms with van der Waals surface area (Å²) in [7, 11) is 0. The Labute approximate surface area is 212 Å². The van der Waals surface area contributed by atoms with Gasteiger partial charge < -0.3 is 9.47 Å². The summed E-state index contributed by atoms with van der Waals surface area (Å²) in [6.45, 7) is 2.00. The van der Waals surface area contributed by atoms with Gasteiger partial charge in [-0.25, -0.2) is 14.6 Å². The van der Waals surface area contributed by atoms with E-state index in [1.807, 2.05) is 31.2 Å². The lowest BCUT2D eigenvalue weighted by Crippen LogP contribution is -2.09. The van der Waals surface area contributed by atoms with Gasteiger partial charge in [0, 0.05) is 20.1 Å². The van der Waals surface area contributed by atoms with Gasteiger partial charge in [-0.15, -0.1) is 11.3 Å². The topological polar surface area (TPSA) is 65.0 Å². The molecule has 1 aliphatic heterocycles. The highest BCUT2D eigenvalue weighted by atomic mass is 79.9. The number of hydrogen-bond acceptors (Lipinski definition) is 6. The third kappa shape index (κ3) is 4.42. The fraction of sp³-hybridized carbons (Fsp3) is 0.0385. The monoisotopic (exact) mass is 551 g/mol. The Balaban J connectivity index is 1.50. The maximum atomic E-state index is 12.6. The number of aryl methyl sites for hydroxylation is 1. The Kier molecular flexibility index (Phi) is 6.08. The van der Waals surface area contributed by atoms with E-state index in [-0.39, 0.29) is 17.3 Å². The molecule has 5 nitrogen and oxygen atoms in total. The molecule has 0 saturated carbocycles. The van der Waals surface area contributed by atoms with Gasteiger partial charge >= 0.3 is 11.9 Å². The Hall–Kier alpha value is -3.26. The summed E-state index contributed by atoms with van der Waals surface area (Å²) in [5.74, 6) is -0.678. The van der Waals surface area contributed by atoms with Crippen molar-refractivity contribution in [2.45, 2.75) is 6.92 Å². The van der Waals surface area contributed by atoms with Crippen LogP contribution < -0.4 is 4.74 Å². The van der Waals surface area contributed by atoms with Crippen LogP contribution in [0.25, 0.3) is 16.2 Å². The van der Waals surface area contributed by atoms with Crippen LogP contribution in [0.1, 0.15) is 26.4 Å². The van der Waals surface area contributed by atoms with Gasteiger partial charge in [-0.1, -0.05) is 57.9 Å². The highest BCUT2D eigenvalue weighted by Crippen LogP contribution is 2.38. The lowest BCUT2D eigenvalue weighted by Gasteiger charge is -2.08. The number of benzene rings is 3. The third-order valence-corrected chi connectivity index (χ3v) is 7.21. The molecule has 0 spiro atoms. The van der Waals surface area contributed by atoms with Gasteiger partial charge in [-0.2, -0.15) is 0 Å². The SMILES string of the molecule is Cc1ccc2c(Cl)c(C3=N/C(=C/c4cc(Br)ccc4OC(=O)c4ccccc4)C(=O)O3)sc2c1. The van der Waals surface area contributed by atoms with Crippen molar-refractivity contribution in [3.8, 4) is 5.75 Å². The Morgan fingerprint density at radius 1 is 1.12 bits per heavy atom. The number of fused-ring (bicyclic) bond motifs is 1. The van der Waals surface area contributed by atoms with E-state index < -0.39 is 11.9 Å². The summed E-state index contributed by atoms with van der Waals surface area (Å²) >= 11 is 11.4. The molecule has 0 unspecified atom stereocenters. The Bertz CT molecular complexity index is 1520. The summed E-state index contributed by atoms with van der Waals surface area (Å²) in [5, 5.41) is 1.37. The first kappa shape index (κ1) is 22.5. The normalized spacial score (nSPS) is 14.4. The molecule has 3 aromatic carbocycles. The van der Waals surface area contributed by atoms with Crippen LogP contribution in [0.3, 0.4) is 0 Å². The number of halogens is 2. The van der Waals surface area contributed by atoms with Crippen molar-refractivity contribution in [2.24, 2.45) is 4.99 Å². The molecule has 0 bridgehead atoms. The molecule has 0 fully saturated rings. The van der Waals surface area contributed by atoms with E-state index in [1.54, 1.807) is 42.5 Å². The first-order valence-electron chi connectivity index (χ1n) is 10.2. The van der Waals surface area contributed by atoms with Crippen LogP contribution in [-0.2, 0) is 9.53 Å². The van der Waals surface area contributed by atoms with Crippen LogP contribution in [0.4, 0.5) is 0 Å². The molecule has 4 aromatic rings. The number of thiophene rings is 1. The fourth-order valence-electron chi connectivity index (χ4n) is 3.42. The van der Waals surface area contributed by atoms with Gasteiger partial charge in [0.2, 0.25) is 5.90 Å². The summed E-state index contributed by atoms with van der Waals surface area (Å²) in [6, 6.07) is 19.7. The number of esters is 2. The van der Waals surface area contributed by atoms with Gasteiger partial charge in [0.05, 0.1) is 10.6 Å². The lowest BCUT2D eigenvalue weighted by molar-refractivity contribution is -0.129. The fourth-order valence-corrected chi connectivity index (χ4v) is 5.34. The zero-order chi connectivity index (χ0) is 23.8. The second kappa shape index (κ2) is 9.18. The lowest BCUT2D eigenvalue weighted by atomic mass is 10.1. The van der Waals surface area contributed by atoms with Crippen LogP contribution in [0.5, 0.6) is 5.75 Å². The highest BCUT2D eigenvalue weighted by Gasteiger charge is 2.28. The van der Waals surface area contributed by atoms with Crippen LogP contribution in [0.2, 0.25) is 5.02 Å². The van der Waals surface area contributed by atoms with E-state index in [9.17, 15) is 9.59 Å². The average molecular weight is 553 g/mol. The van der Waals surface area contributed by atoms with E-state index in [2.05, 4.69) is 20.9 Å². The second-order valence-electron chi connectivity index (χ2n) is 7.52. The minimum absolute atomic E-state index is 0.0785. The molecule has 2 heterocycles. The summed E-state index contributed by atoms with van der Waals surface area (Å²) < 4.78 is 12.8. The summed E-state index contributed by atoms with van der Waals surface area (Å²) in [4.78, 5) is 30.2. The molecule has 0 atom stereocenters. The summed E-state index contributed by atoms with van der Waals surface area (Å²) in [5.41, 5.74) is 2.10. The highest BCUT2D eigenvalue weighted by molar-refractivity contribution is 9.10. The largest absolute Gasteiger partial charge is 0.422 e. The molecule has 168 valence electrons. The van der Waals surface area contributed by atoms with Crippen molar-refractivity contribution in [1.82, 2.24) is 0 Å². The first-order chi connectivity index (χ1) is 16.4. The minimum Gasteiger partial charge on any atom is -0.422 e. The van der Waals surface area contributed by atoms with Gasteiger partial charge in [-0.05, 0) is 55.0 Å². The quantitative estimate of drug-likeness (QED) is 0.153. The standard InChI is InChI=1S/C26H15BrClNO4S/c1-14-7-9-18-21(11-14)34-23(22(18)28)24-29-19(26(31)33-24)13-16-12-17(27)8-10-20(16)32-25(30)15-5-3-2-4-6-15/h2-13H,1H3/b19-13+. The van der Waals surface area contributed by atoms with E-state index in [1.165, 1.54) is 17.4 Å². The number of cyclic esters (lactones) is 1. The molecule has 0 N–H and O–H groups in total. The molecule has 34 heavy (non-hydrogen) atoms. The first-order valence-corrected chi connectivity index (χ1v) is 12.2. The molecular weight excluding hydrogens is 538 g/mol. The maximum Gasteiger partial charge on any atom is 0.363 e.